The maximum Gasteiger partial charge on any atom is 0.241 e. The van der Waals surface area contributed by atoms with Crippen LogP contribution in [0.15, 0.2) is 66.7 Å². The molecule has 0 saturated heterocycles. The Morgan fingerprint density at radius 2 is 1.70 bits per heavy atom. The zero-order valence-corrected chi connectivity index (χ0v) is 16.2. The fraction of sp³-hybridized carbons (Fsp3) is 0.190. The maximum absolute atomic E-state index is 12.5. The van der Waals surface area contributed by atoms with Crippen molar-refractivity contribution in [2.75, 3.05) is 17.1 Å². The number of sulfonamides is 1. The number of amides is 1. The molecule has 0 fully saturated rings. The van der Waals surface area contributed by atoms with Gasteiger partial charge in [0, 0.05) is 6.54 Å². The smallest absolute Gasteiger partial charge is 0.241 e. The molecule has 0 heterocycles. The van der Waals surface area contributed by atoms with E-state index in [0.717, 1.165) is 32.5 Å². The van der Waals surface area contributed by atoms with Gasteiger partial charge in [-0.3, -0.25) is 9.10 Å². The number of nitrogens with one attached hydrogen (secondary N) is 1. The Balaban J connectivity index is 1.75. The van der Waals surface area contributed by atoms with Gasteiger partial charge in [-0.1, -0.05) is 54.6 Å². The Hall–Kier alpha value is -2.86. The molecule has 1 N–H and O–H groups in total. The van der Waals surface area contributed by atoms with Gasteiger partial charge in [0.05, 0.1) is 11.9 Å². The molecule has 0 aromatic heterocycles. The Kier molecular flexibility index (Phi) is 5.46. The second-order valence-corrected chi connectivity index (χ2v) is 8.43. The van der Waals surface area contributed by atoms with Crippen molar-refractivity contribution in [1.82, 2.24) is 5.32 Å². The zero-order chi connectivity index (χ0) is 19.4. The third kappa shape index (κ3) is 4.65. The highest BCUT2D eigenvalue weighted by Gasteiger charge is 2.20. The van der Waals surface area contributed by atoms with Crippen LogP contribution >= 0.6 is 0 Å². The standard InChI is InChI=1S/C21H22N2O3S/c1-16-7-5-11-19(13-16)23(27(2,25)26)15-21(24)22-14-18-10-6-9-17-8-3-4-12-20(17)18/h3-13H,14-15H2,1-2H3,(H,22,24). The van der Waals surface area contributed by atoms with Crippen LogP contribution < -0.4 is 9.62 Å². The lowest BCUT2D eigenvalue weighted by atomic mass is 10.0. The molecule has 0 unspecified atom stereocenters. The average Bonchev–Trinajstić information content (AvgIpc) is 2.63. The van der Waals surface area contributed by atoms with Gasteiger partial charge >= 0.3 is 0 Å². The summed E-state index contributed by atoms with van der Waals surface area (Å²) in [5, 5.41) is 5.00. The molecule has 3 aromatic carbocycles. The Bertz CT molecular complexity index is 1070. The fourth-order valence-electron chi connectivity index (χ4n) is 3.01. The normalized spacial score (nSPS) is 11.3. The van der Waals surface area contributed by atoms with Crippen LogP contribution in [0.1, 0.15) is 11.1 Å². The van der Waals surface area contributed by atoms with E-state index in [9.17, 15) is 13.2 Å². The summed E-state index contributed by atoms with van der Waals surface area (Å²) in [6, 6.07) is 21.0. The van der Waals surface area contributed by atoms with Crippen LogP contribution in [-0.4, -0.2) is 27.1 Å². The van der Waals surface area contributed by atoms with Gasteiger partial charge in [-0.05, 0) is 41.0 Å². The highest BCUT2D eigenvalue weighted by molar-refractivity contribution is 7.92. The number of aryl methyl sites for hydroxylation is 1. The predicted octanol–water partition coefficient (Wildman–Crippen LogP) is 3.23. The number of nitrogens with zero attached hydrogens (tertiary/aromatic N) is 1. The molecule has 0 aliphatic rings. The van der Waals surface area contributed by atoms with Gasteiger partial charge < -0.3 is 5.32 Å². The van der Waals surface area contributed by atoms with E-state index in [1.807, 2.05) is 55.5 Å². The SMILES string of the molecule is Cc1cccc(N(CC(=O)NCc2cccc3ccccc23)S(C)(=O)=O)c1. The van der Waals surface area contributed by atoms with Crippen molar-refractivity contribution in [1.29, 1.82) is 0 Å². The van der Waals surface area contributed by atoms with Crippen molar-refractivity contribution in [2.24, 2.45) is 0 Å². The van der Waals surface area contributed by atoms with Gasteiger partial charge in [-0.15, -0.1) is 0 Å². The molecular weight excluding hydrogens is 360 g/mol. The van der Waals surface area contributed by atoms with Crippen LogP contribution in [0.3, 0.4) is 0 Å². The average molecular weight is 382 g/mol. The first-order valence-electron chi connectivity index (χ1n) is 8.62. The van der Waals surface area contributed by atoms with E-state index in [2.05, 4.69) is 5.32 Å². The third-order valence-corrected chi connectivity index (χ3v) is 5.47. The molecule has 27 heavy (non-hydrogen) atoms. The first-order chi connectivity index (χ1) is 12.8. The van der Waals surface area contributed by atoms with E-state index in [4.69, 9.17) is 0 Å². The first kappa shape index (κ1) is 18.9. The van der Waals surface area contributed by atoms with Crippen LogP contribution in [0.5, 0.6) is 0 Å². The highest BCUT2D eigenvalue weighted by atomic mass is 32.2. The largest absolute Gasteiger partial charge is 0.350 e. The minimum absolute atomic E-state index is 0.257. The number of fused-ring (bicyclic) bond motifs is 1. The number of hydrogen-bond acceptors (Lipinski definition) is 3. The molecule has 0 spiro atoms. The Morgan fingerprint density at radius 3 is 2.44 bits per heavy atom. The highest BCUT2D eigenvalue weighted by Crippen LogP contribution is 2.20. The van der Waals surface area contributed by atoms with Gasteiger partial charge in [-0.25, -0.2) is 8.42 Å². The van der Waals surface area contributed by atoms with Gasteiger partial charge in [0.1, 0.15) is 6.54 Å². The minimum Gasteiger partial charge on any atom is -0.350 e. The summed E-state index contributed by atoms with van der Waals surface area (Å²) in [7, 11) is -3.57. The summed E-state index contributed by atoms with van der Waals surface area (Å²) in [6.45, 7) is 1.96. The number of anilines is 1. The number of carbonyl (C=O) groups excluding carboxylic acids is 1. The number of carbonyl (C=O) groups is 1. The Morgan fingerprint density at radius 1 is 1.00 bits per heavy atom. The van der Waals surface area contributed by atoms with Gasteiger partial charge in [0.2, 0.25) is 15.9 Å². The van der Waals surface area contributed by atoms with Crippen LogP contribution in [0.25, 0.3) is 10.8 Å². The molecule has 6 heteroatoms. The summed E-state index contributed by atoms with van der Waals surface area (Å²) >= 11 is 0. The zero-order valence-electron chi connectivity index (χ0n) is 15.3. The predicted molar refractivity (Wildman–Crippen MR) is 109 cm³/mol. The van der Waals surface area contributed by atoms with Crippen LogP contribution in [0.2, 0.25) is 0 Å². The number of hydrogen-bond donors (Lipinski definition) is 1. The Labute approximate surface area is 159 Å². The summed E-state index contributed by atoms with van der Waals surface area (Å²) in [5.74, 6) is -0.352. The summed E-state index contributed by atoms with van der Waals surface area (Å²) in [5.41, 5.74) is 2.40. The molecule has 1 amide bonds. The molecule has 0 bridgehead atoms. The van der Waals surface area contributed by atoms with Gasteiger partial charge in [0.15, 0.2) is 0 Å². The molecule has 0 radical (unpaired) electrons. The molecule has 0 atom stereocenters. The van der Waals surface area contributed by atoms with Crippen molar-refractivity contribution in [3.63, 3.8) is 0 Å². The molecule has 5 nitrogen and oxygen atoms in total. The minimum atomic E-state index is -3.57. The fourth-order valence-corrected chi connectivity index (χ4v) is 3.86. The lowest BCUT2D eigenvalue weighted by Gasteiger charge is -2.22. The second-order valence-electron chi connectivity index (χ2n) is 6.52. The third-order valence-electron chi connectivity index (χ3n) is 4.33. The van der Waals surface area contributed by atoms with Crippen LogP contribution in [-0.2, 0) is 21.4 Å². The van der Waals surface area contributed by atoms with Crippen LogP contribution in [0.4, 0.5) is 5.69 Å². The molecule has 0 aliphatic heterocycles. The molecule has 0 aliphatic carbocycles. The van der Waals surface area contributed by atoms with E-state index in [1.54, 1.807) is 18.2 Å². The quantitative estimate of drug-likeness (QED) is 0.712. The van der Waals surface area contributed by atoms with Crippen LogP contribution in [0, 0.1) is 6.92 Å². The molecule has 3 aromatic rings. The summed E-state index contributed by atoms with van der Waals surface area (Å²) in [4.78, 5) is 12.5. The van der Waals surface area contributed by atoms with Gasteiger partial charge in [0.25, 0.3) is 0 Å². The van der Waals surface area contributed by atoms with E-state index < -0.39 is 10.0 Å². The number of rotatable bonds is 6. The first-order valence-corrected chi connectivity index (χ1v) is 10.5. The lowest BCUT2D eigenvalue weighted by molar-refractivity contribution is -0.119. The van der Waals surface area contributed by atoms with E-state index >= 15 is 0 Å². The molecule has 140 valence electrons. The molecular formula is C21H22N2O3S. The second kappa shape index (κ2) is 7.80. The van der Waals surface area contributed by atoms with Crippen molar-refractivity contribution in [3.05, 3.63) is 77.9 Å². The van der Waals surface area contributed by atoms with Crippen molar-refractivity contribution in [2.45, 2.75) is 13.5 Å². The monoisotopic (exact) mass is 382 g/mol. The summed E-state index contributed by atoms with van der Waals surface area (Å²) in [6.07, 6.45) is 1.10. The molecule has 0 saturated carbocycles. The van der Waals surface area contributed by atoms with E-state index in [0.29, 0.717) is 12.2 Å². The molecule has 3 rings (SSSR count). The van der Waals surface area contributed by atoms with E-state index in [1.165, 1.54) is 0 Å². The van der Waals surface area contributed by atoms with Crippen molar-refractivity contribution in [3.8, 4) is 0 Å². The van der Waals surface area contributed by atoms with Gasteiger partial charge in [-0.2, -0.15) is 0 Å². The maximum atomic E-state index is 12.5. The van der Waals surface area contributed by atoms with Crippen molar-refractivity contribution >= 4 is 32.4 Å². The number of benzene rings is 3. The summed E-state index contributed by atoms with van der Waals surface area (Å²) < 4.78 is 25.5. The lowest BCUT2D eigenvalue weighted by Crippen LogP contribution is -2.40. The van der Waals surface area contributed by atoms with Crippen molar-refractivity contribution < 1.29 is 13.2 Å². The van der Waals surface area contributed by atoms with E-state index in [-0.39, 0.29) is 12.5 Å². The topological polar surface area (TPSA) is 66.5 Å².